The largest absolute Gasteiger partial charge is 0.493 e. The van der Waals surface area contributed by atoms with Crippen LogP contribution in [-0.4, -0.2) is 18.6 Å². The van der Waals surface area contributed by atoms with Crippen LogP contribution >= 0.6 is 0 Å². The van der Waals surface area contributed by atoms with Crippen LogP contribution in [0.1, 0.15) is 29.5 Å². The summed E-state index contributed by atoms with van der Waals surface area (Å²) in [5.41, 5.74) is 2.52. The molecule has 3 heteroatoms. The quantitative estimate of drug-likeness (QED) is 0.914. The van der Waals surface area contributed by atoms with Crippen LogP contribution in [0.15, 0.2) is 48.8 Å². The summed E-state index contributed by atoms with van der Waals surface area (Å²) in [7, 11) is 2.01. The summed E-state index contributed by atoms with van der Waals surface area (Å²) >= 11 is 0. The lowest BCUT2D eigenvalue weighted by molar-refractivity contribution is 0.248. The predicted octanol–water partition coefficient (Wildman–Crippen LogP) is 2.91. The van der Waals surface area contributed by atoms with E-state index in [1.165, 1.54) is 11.1 Å². The molecule has 0 amide bonds. The summed E-state index contributed by atoms with van der Waals surface area (Å²) in [6, 6.07) is 12.7. The van der Waals surface area contributed by atoms with E-state index < -0.39 is 0 Å². The van der Waals surface area contributed by atoms with Gasteiger partial charge >= 0.3 is 0 Å². The van der Waals surface area contributed by atoms with Gasteiger partial charge in [-0.3, -0.25) is 4.98 Å². The van der Waals surface area contributed by atoms with Crippen LogP contribution in [0.2, 0.25) is 0 Å². The van der Waals surface area contributed by atoms with E-state index in [9.17, 15) is 0 Å². The summed E-state index contributed by atoms with van der Waals surface area (Å²) < 4.78 is 5.74. The van der Waals surface area contributed by atoms with Gasteiger partial charge in [-0.2, -0.15) is 0 Å². The second-order valence-corrected chi connectivity index (χ2v) is 4.83. The van der Waals surface area contributed by atoms with E-state index in [0.29, 0.717) is 5.92 Å². The van der Waals surface area contributed by atoms with Crippen LogP contribution in [0.25, 0.3) is 0 Å². The van der Waals surface area contributed by atoms with E-state index >= 15 is 0 Å². The number of para-hydroxylation sites is 1. The molecule has 2 aromatic rings. The number of nitrogens with zero attached hydrogens (tertiary/aromatic N) is 1. The molecular formula is C16H18N2O. The molecule has 1 aromatic carbocycles. The van der Waals surface area contributed by atoms with Crippen molar-refractivity contribution < 1.29 is 4.74 Å². The van der Waals surface area contributed by atoms with Crippen LogP contribution in [0.5, 0.6) is 5.75 Å². The van der Waals surface area contributed by atoms with Crippen molar-refractivity contribution in [2.45, 2.75) is 18.4 Å². The van der Waals surface area contributed by atoms with Gasteiger partial charge in [0.25, 0.3) is 0 Å². The minimum atomic E-state index is 0.277. The Labute approximate surface area is 113 Å². The normalized spacial score (nSPS) is 19.3. The van der Waals surface area contributed by atoms with Crippen molar-refractivity contribution in [1.82, 2.24) is 10.3 Å². The van der Waals surface area contributed by atoms with Gasteiger partial charge in [0.05, 0.1) is 6.61 Å². The molecule has 19 heavy (non-hydrogen) atoms. The van der Waals surface area contributed by atoms with Gasteiger partial charge in [-0.05, 0) is 36.7 Å². The molecule has 0 spiro atoms. The SMILES string of the molecule is CNC(c1cccnc1)C1CCOc2ccccc21. The van der Waals surface area contributed by atoms with E-state index in [1.54, 1.807) is 0 Å². The Kier molecular flexibility index (Phi) is 3.47. The first-order chi connectivity index (χ1) is 9.40. The fraction of sp³-hybridized carbons (Fsp3) is 0.312. The molecule has 2 heterocycles. The number of fused-ring (bicyclic) bond motifs is 1. The fourth-order valence-electron chi connectivity index (χ4n) is 2.88. The lowest BCUT2D eigenvalue weighted by Gasteiger charge is -2.32. The highest BCUT2D eigenvalue weighted by atomic mass is 16.5. The Balaban J connectivity index is 1.97. The standard InChI is InChI=1S/C16H18N2O/c1-17-16(12-5-4-9-18-11-12)14-8-10-19-15-7-3-2-6-13(14)15/h2-7,9,11,14,16-17H,8,10H2,1H3. The molecule has 0 radical (unpaired) electrons. The molecule has 0 bridgehead atoms. The molecule has 1 aliphatic rings. The maximum atomic E-state index is 5.74. The molecule has 0 saturated heterocycles. The van der Waals surface area contributed by atoms with Crippen LogP contribution in [0.3, 0.4) is 0 Å². The molecule has 1 aromatic heterocycles. The smallest absolute Gasteiger partial charge is 0.122 e. The van der Waals surface area contributed by atoms with E-state index in [2.05, 4.69) is 34.6 Å². The molecule has 2 unspecified atom stereocenters. The van der Waals surface area contributed by atoms with Crippen molar-refractivity contribution in [2.24, 2.45) is 0 Å². The minimum absolute atomic E-state index is 0.277. The van der Waals surface area contributed by atoms with Crippen molar-refractivity contribution in [3.63, 3.8) is 0 Å². The second kappa shape index (κ2) is 5.41. The van der Waals surface area contributed by atoms with E-state index in [1.807, 2.05) is 31.6 Å². The molecule has 2 atom stereocenters. The first-order valence-electron chi connectivity index (χ1n) is 6.69. The van der Waals surface area contributed by atoms with Gasteiger partial charge in [-0.15, -0.1) is 0 Å². The maximum Gasteiger partial charge on any atom is 0.122 e. The number of aromatic nitrogens is 1. The number of rotatable bonds is 3. The number of likely N-dealkylation sites (N-methyl/N-ethyl adjacent to an activating group) is 1. The van der Waals surface area contributed by atoms with Gasteiger partial charge in [0, 0.05) is 24.4 Å². The molecule has 0 aliphatic carbocycles. The molecule has 98 valence electrons. The van der Waals surface area contributed by atoms with Crippen molar-refractivity contribution in [2.75, 3.05) is 13.7 Å². The molecular weight excluding hydrogens is 236 g/mol. The predicted molar refractivity (Wildman–Crippen MR) is 75.3 cm³/mol. The number of hydrogen-bond donors (Lipinski definition) is 1. The average Bonchev–Trinajstić information content (AvgIpc) is 2.49. The number of nitrogens with one attached hydrogen (secondary N) is 1. The lowest BCUT2D eigenvalue weighted by Crippen LogP contribution is -2.28. The summed E-state index contributed by atoms with van der Waals surface area (Å²) in [5.74, 6) is 1.45. The zero-order chi connectivity index (χ0) is 13.1. The molecule has 1 N–H and O–H groups in total. The second-order valence-electron chi connectivity index (χ2n) is 4.83. The highest BCUT2D eigenvalue weighted by Crippen LogP contribution is 2.40. The Morgan fingerprint density at radius 1 is 1.26 bits per heavy atom. The summed E-state index contributed by atoms with van der Waals surface area (Å²) in [4.78, 5) is 4.23. The Hall–Kier alpha value is -1.87. The Morgan fingerprint density at radius 2 is 2.16 bits per heavy atom. The van der Waals surface area contributed by atoms with E-state index in [4.69, 9.17) is 4.74 Å². The van der Waals surface area contributed by atoms with Gasteiger partial charge < -0.3 is 10.1 Å². The maximum absolute atomic E-state index is 5.74. The van der Waals surface area contributed by atoms with Crippen molar-refractivity contribution >= 4 is 0 Å². The molecule has 3 nitrogen and oxygen atoms in total. The van der Waals surface area contributed by atoms with Gasteiger partial charge in [0.2, 0.25) is 0 Å². The highest BCUT2D eigenvalue weighted by Gasteiger charge is 2.28. The van der Waals surface area contributed by atoms with Gasteiger partial charge in [0.1, 0.15) is 5.75 Å². The highest BCUT2D eigenvalue weighted by molar-refractivity contribution is 5.40. The minimum Gasteiger partial charge on any atom is -0.493 e. The van der Waals surface area contributed by atoms with Crippen molar-refractivity contribution in [3.8, 4) is 5.75 Å². The number of ether oxygens (including phenoxy) is 1. The lowest BCUT2D eigenvalue weighted by atomic mass is 9.84. The number of benzene rings is 1. The summed E-state index contributed by atoms with van der Waals surface area (Å²) in [6.07, 6.45) is 4.78. The van der Waals surface area contributed by atoms with Crippen molar-refractivity contribution in [3.05, 3.63) is 59.9 Å². The molecule has 0 fully saturated rings. The molecule has 1 aliphatic heterocycles. The van der Waals surface area contributed by atoms with Gasteiger partial charge in [0.15, 0.2) is 0 Å². The monoisotopic (exact) mass is 254 g/mol. The Morgan fingerprint density at radius 3 is 2.95 bits per heavy atom. The summed E-state index contributed by atoms with van der Waals surface area (Å²) in [6.45, 7) is 0.778. The zero-order valence-electron chi connectivity index (χ0n) is 11.0. The molecule has 3 rings (SSSR count). The molecule has 0 saturated carbocycles. The number of pyridine rings is 1. The van der Waals surface area contributed by atoms with Gasteiger partial charge in [-0.25, -0.2) is 0 Å². The van der Waals surface area contributed by atoms with Gasteiger partial charge in [-0.1, -0.05) is 24.3 Å². The van der Waals surface area contributed by atoms with Crippen LogP contribution in [-0.2, 0) is 0 Å². The number of hydrogen-bond acceptors (Lipinski definition) is 3. The Bertz CT molecular complexity index is 541. The zero-order valence-corrected chi connectivity index (χ0v) is 11.0. The van der Waals surface area contributed by atoms with E-state index in [-0.39, 0.29) is 6.04 Å². The third kappa shape index (κ3) is 2.34. The van der Waals surface area contributed by atoms with E-state index in [0.717, 1.165) is 18.8 Å². The van der Waals surface area contributed by atoms with Crippen LogP contribution < -0.4 is 10.1 Å². The summed E-state index contributed by atoms with van der Waals surface area (Å²) in [5, 5.41) is 3.43. The first kappa shape index (κ1) is 12.2. The third-order valence-electron chi connectivity index (χ3n) is 3.76. The first-order valence-corrected chi connectivity index (χ1v) is 6.69. The fourth-order valence-corrected chi connectivity index (χ4v) is 2.88. The van der Waals surface area contributed by atoms with Crippen LogP contribution in [0.4, 0.5) is 0 Å². The third-order valence-corrected chi connectivity index (χ3v) is 3.76. The van der Waals surface area contributed by atoms with Crippen LogP contribution in [0, 0.1) is 0 Å². The topological polar surface area (TPSA) is 34.2 Å². The average molecular weight is 254 g/mol. The van der Waals surface area contributed by atoms with Crippen molar-refractivity contribution in [1.29, 1.82) is 0 Å².